The lowest BCUT2D eigenvalue weighted by Crippen LogP contribution is -2.47. The summed E-state index contributed by atoms with van der Waals surface area (Å²) in [6.07, 6.45) is 4.80. The van der Waals surface area contributed by atoms with Crippen LogP contribution in [-0.4, -0.2) is 44.3 Å². The molecule has 0 aromatic carbocycles. The van der Waals surface area contributed by atoms with E-state index in [2.05, 4.69) is 42.5 Å². The number of allylic oxidation sites excluding steroid dienone is 1. The molecule has 0 bridgehead atoms. The monoisotopic (exact) mass is 548 g/mol. The molecule has 0 aromatic heterocycles. The third kappa shape index (κ3) is 7.97. The summed E-state index contributed by atoms with van der Waals surface area (Å²) in [4.78, 5) is 26.3. The normalized spacial score (nSPS) is 32.4. The number of cyclic esters (lactones) is 1. The summed E-state index contributed by atoms with van der Waals surface area (Å²) in [5.74, 6) is -0.347. The van der Waals surface area contributed by atoms with Crippen LogP contribution in [0.1, 0.15) is 73.6 Å². The van der Waals surface area contributed by atoms with Gasteiger partial charge in [0.25, 0.3) is 0 Å². The second-order valence-corrected chi connectivity index (χ2v) is 10.1. The fourth-order valence-corrected chi connectivity index (χ4v) is 4.89. The average molecular weight is 549 g/mol. The van der Waals surface area contributed by atoms with E-state index in [9.17, 15) is 9.59 Å². The number of esters is 1. The number of hydrogen-bond acceptors (Lipinski definition) is 5. The molecule has 5 nitrogen and oxygen atoms in total. The van der Waals surface area contributed by atoms with E-state index in [0.717, 1.165) is 24.8 Å². The van der Waals surface area contributed by atoms with Crippen molar-refractivity contribution in [3.63, 3.8) is 0 Å². The molecule has 0 amide bonds. The summed E-state index contributed by atoms with van der Waals surface area (Å²) in [5.41, 5.74) is 1.45. The summed E-state index contributed by atoms with van der Waals surface area (Å²) >= 11 is 2.18. The standard InChI is InChI=1S/C25H41IO5/c1-16-10-9-11-17(2)23(30-8)19(4)24(28)25(5,6)21(29-7)14-22(27)31-20(13-12-16)18(3)15-26/h12,15,17,19-21,23H,9-11,13-14H2,1-8H3/b16-12?,18-15+. The van der Waals surface area contributed by atoms with Crippen molar-refractivity contribution in [3.05, 3.63) is 21.3 Å². The molecule has 0 aromatic rings. The predicted molar refractivity (Wildman–Crippen MR) is 133 cm³/mol. The first-order valence-corrected chi connectivity index (χ1v) is 12.5. The third-order valence-corrected chi connectivity index (χ3v) is 7.66. The Bertz CT molecular complexity index is 667. The molecular weight excluding hydrogens is 507 g/mol. The Balaban J connectivity index is 3.29. The van der Waals surface area contributed by atoms with Crippen LogP contribution in [0.3, 0.4) is 0 Å². The minimum absolute atomic E-state index is 0.0306. The van der Waals surface area contributed by atoms with E-state index in [1.807, 2.05) is 31.8 Å². The Kier molecular flexibility index (Phi) is 12.0. The summed E-state index contributed by atoms with van der Waals surface area (Å²) in [6, 6.07) is 0. The molecule has 6 heteroatoms. The molecule has 5 atom stereocenters. The van der Waals surface area contributed by atoms with Gasteiger partial charge < -0.3 is 14.2 Å². The number of halogens is 1. The van der Waals surface area contributed by atoms with Gasteiger partial charge in [-0.3, -0.25) is 9.59 Å². The number of Topliss-reactive ketones (excluding diaryl/α,β-unsaturated/α-hetero) is 1. The van der Waals surface area contributed by atoms with Crippen molar-refractivity contribution < 1.29 is 23.8 Å². The van der Waals surface area contributed by atoms with Crippen molar-refractivity contribution >= 4 is 34.3 Å². The van der Waals surface area contributed by atoms with Gasteiger partial charge in [0.1, 0.15) is 11.9 Å². The first-order valence-electron chi connectivity index (χ1n) is 11.2. The van der Waals surface area contributed by atoms with Crippen molar-refractivity contribution in [2.75, 3.05) is 14.2 Å². The van der Waals surface area contributed by atoms with Crippen molar-refractivity contribution in [2.45, 2.75) is 92.0 Å². The van der Waals surface area contributed by atoms with Gasteiger partial charge in [0.15, 0.2) is 0 Å². The molecule has 0 fully saturated rings. The molecule has 31 heavy (non-hydrogen) atoms. The maximum Gasteiger partial charge on any atom is 0.309 e. The lowest BCUT2D eigenvalue weighted by atomic mass is 9.72. The van der Waals surface area contributed by atoms with Crippen LogP contribution in [0, 0.1) is 17.3 Å². The van der Waals surface area contributed by atoms with E-state index in [-0.39, 0.29) is 42.2 Å². The fourth-order valence-electron chi connectivity index (χ4n) is 4.49. The number of carbonyl (C=O) groups is 2. The lowest BCUT2D eigenvalue weighted by Gasteiger charge is -2.37. The molecule has 1 rings (SSSR count). The Morgan fingerprint density at radius 3 is 2.42 bits per heavy atom. The SMILES string of the molecule is COC1C(C)CCCC(C)=CCC(/C(C)=C/I)OC(=O)CC(OC)C(C)(C)C(=O)C1C. The summed E-state index contributed by atoms with van der Waals surface area (Å²) < 4.78 is 19.2. The topological polar surface area (TPSA) is 61.8 Å². The van der Waals surface area contributed by atoms with Crippen LogP contribution in [0.5, 0.6) is 0 Å². The van der Waals surface area contributed by atoms with Gasteiger partial charge in [-0.05, 0) is 48.7 Å². The fraction of sp³-hybridized carbons (Fsp3) is 0.760. The number of ketones is 1. The van der Waals surface area contributed by atoms with E-state index < -0.39 is 11.5 Å². The van der Waals surface area contributed by atoms with Gasteiger partial charge >= 0.3 is 5.97 Å². The molecule has 1 aliphatic heterocycles. The Morgan fingerprint density at radius 2 is 1.87 bits per heavy atom. The summed E-state index contributed by atoms with van der Waals surface area (Å²) in [6.45, 7) is 11.9. The van der Waals surface area contributed by atoms with Crippen LogP contribution >= 0.6 is 22.6 Å². The van der Waals surface area contributed by atoms with E-state index in [0.29, 0.717) is 6.42 Å². The summed E-state index contributed by atoms with van der Waals surface area (Å²) in [5, 5.41) is 0. The number of ether oxygens (including phenoxy) is 3. The smallest absolute Gasteiger partial charge is 0.309 e. The minimum atomic E-state index is -0.846. The zero-order valence-corrected chi connectivity index (χ0v) is 22.7. The number of hydrogen-bond donors (Lipinski definition) is 0. The summed E-state index contributed by atoms with van der Waals surface area (Å²) in [7, 11) is 3.22. The Morgan fingerprint density at radius 1 is 1.23 bits per heavy atom. The second-order valence-electron chi connectivity index (χ2n) is 9.49. The van der Waals surface area contributed by atoms with Crippen LogP contribution in [0.25, 0.3) is 0 Å². The number of methoxy groups -OCH3 is 2. The van der Waals surface area contributed by atoms with Crippen LogP contribution in [0.2, 0.25) is 0 Å². The van der Waals surface area contributed by atoms with Gasteiger partial charge in [-0.2, -0.15) is 0 Å². The first kappa shape index (κ1) is 28.3. The quantitative estimate of drug-likeness (QED) is 0.244. The van der Waals surface area contributed by atoms with Gasteiger partial charge in [-0.25, -0.2) is 0 Å². The maximum atomic E-state index is 13.5. The van der Waals surface area contributed by atoms with E-state index in [4.69, 9.17) is 14.2 Å². The molecule has 0 radical (unpaired) electrons. The van der Waals surface area contributed by atoms with Crippen molar-refractivity contribution in [1.29, 1.82) is 0 Å². The van der Waals surface area contributed by atoms with Gasteiger partial charge in [0.05, 0.1) is 24.0 Å². The van der Waals surface area contributed by atoms with Crippen molar-refractivity contribution in [3.8, 4) is 0 Å². The zero-order chi connectivity index (χ0) is 23.8. The highest BCUT2D eigenvalue weighted by molar-refractivity contribution is 14.1. The zero-order valence-electron chi connectivity index (χ0n) is 20.5. The predicted octanol–water partition coefficient (Wildman–Crippen LogP) is 6.04. The lowest BCUT2D eigenvalue weighted by molar-refractivity contribution is -0.156. The third-order valence-electron chi connectivity index (χ3n) is 6.68. The molecule has 0 N–H and O–H groups in total. The molecule has 0 spiro atoms. The van der Waals surface area contributed by atoms with Gasteiger partial charge in [0, 0.05) is 26.6 Å². The highest BCUT2D eigenvalue weighted by Gasteiger charge is 2.43. The molecule has 0 saturated carbocycles. The Hall–Kier alpha value is -0.730. The van der Waals surface area contributed by atoms with E-state index in [1.54, 1.807) is 14.2 Å². The number of carbonyl (C=O) groups excluding carboxylic acids is 2. The molecule has 1 aliphatic rings. The molecule has 1 heterocycles. The minimum Gasteiger partial charge on any atom is -0.457 e. The van der Waals surface area contributed by atoms with Gasteiger partial charge in [-0.1, -0.05) is 61.9 Å². The molecule has 178 valence electrons. The molecule has 5 unspecified atom stereocenters. The van der Waals surface area contributed by atoms with Crippen LogP contribution < -0.4 is 0 Å². The van der Waals surface area contributed by atoms with Crippen molar-refractivity contribution in [1.82, 2.24) is 0 Å². The average Bonchev–Trinajstić information content (AvgIpc) is 2.73. The first-order chi connectivity index (χ1) is 14.5. The highest BCUT2D eigenvalue weighted by Crippen LogP contribution is 2.34. The van der Waals surface area contributed by atoms with Gasteiger partial charge in [0.2, 0.25) is 0 Å². The maximum absolute atomic E-state index is 13.5. The van der Waals surface area contributed by atoms with Gasteiger partial charge in [-0.15, -0.1) is 0 Å². The molecule has 0 aliphatic carbocycles. The largest absolute Gasteiger partial charge is 0.457 e. The second kappa shape index (κ2) is 13.1. The highest BCUT2D eigenvalue weighted by atomic mass is 127. The van der Waals surface area contributed by atoms with Crippen LogP contribution in [0.4, 0.5) is 0 Å². The molecular formula is C25H41IO5. The number of rotatable bonds is 3. The Labute approximate surface area is 202 Å². The molecule has 0 saturated heterocycles. The van der Waals surface area contributed by atoms with Crippen LogP contribution in [0.15, 0.2) is 21.3 Å². The van der Waals surface area contributed by atoms with E-state index >= 15 is 0 Å². The van der Waals surface area contributed by atoms with Crippen molar-refractivity contribution in [2.24, 2.45) is 17.3 Å². The van der Waals surface area contributed by atoms with E-state index in [1.165, 1.54) is 5.57 Å². The van der Waals surface area contributed by atoms with Crippen LogP contribution in [-0.2, 0) is 23.8 Å².